The summed E-state index contributed by atoms with van der Waals surface area (Å²) in [5.41, 5.74) is 0. The van der Waals surface area contributed by atoms with E-state index in [0.29, 0.717) is 0 Å². The molecule has 12 heavy (non-hydrogen) atoms. The van der Waals surface area contributed by atoms with Crippen LogP contribution >= 0.6 is 24.4 Å². The van der Waals surface area contributed by atoms with E-state index in [9.17, 15) is 0 Å². The first-order valence-electron chi connectivity index (χ1n) is 3.74. The van der Waals surface area contributed by atoms with Gasteiger partial charge in [-0.3, -0.25) is 0 Å². The van der Waals surface area contributed by atoms with E-state index < -0.39 is 0 Å². The third-order valence-electron chi connectivity index (χ3n) is 1.42. The molecule has 1 rings (SSSR count). The first-order valence-corrected chi connectivity index (χ1v) is 5.36. The van der Waals surface area contributed by atoms with Gasteiger partial charge < -0.3 is 4.74 Å². The summed E-state index contributed by atoms with van der Waals surface area (Å²) in [6.07, 6.45) is 0. The van der Waals surface area contributed by atoms with Crippen molar-refractivity contribution in [3.05, 3.63) is 24.3 Å². The van der Waals surface area contributed by atoms with Crippen molar-refractivity contribution in [2.75, 3.05) is 18.6 Å². The minimum absolute atomic E-state index is 0.908. The molecular weight excluding hydrogens is 188 g/mol. The molecule has 1 aromatic rings. The number of hydrogen-bond donors (Lipinski definition) is 1. The highest BCUT2D eigenvalue weighted by atomic mass is 32.2. The van der Waals surface area contributed by atoms with Crippen LogP contribution in [0.4, 0.5) is 0 Å². The van der Waals surface area contributed by atoms with Crippen LogP contribution in [0.1, 0.15) is 0 Å². The Labute approximate surface area is 82.9 Å². The number of ether oxygens (including phenoxy) is 1. The van der Waals surface area contributed by atoms with E-state index >= 15 is 0 Å². The smallest absolute Gasteiger partial charge is 0.118 e. The van der Waals surface area contributed by atoms with Crippen molar-refractivity contribution in [3.8, 4) is 5.75 Å². The summed E-state index contributed by atoms with van der Waals surface area (Å²) < 4.78 is 5.05. The largest absolute Gasteiger partial charge is 0.497 e. The molecule has 0 fully saturated rings. The number of rotatable bonds is 4. The van der Waals surface area contributed by atoms with Crippen molar-refractivity contribution in [2.45, 2.75) is 4.90 Å². The molecule has 0 unspecified atom stereocenters. The van der Waals surface area contributed by atoms with Gasteiger partial charge in [-0.1, -0.05) is 0 Å². The summed E-state index contributed by atoms with van der Waals surface area (Å²) in [7, 11) is 1.68. The first kappa shape index (κ1) is 9.81. The summed E-state index contributed by atoms with van der Waals surface area (Å²) in [4.78, 5) is 1.27. The topological polar surface area (TPSA) is 9.23 Å². The van der Waals surface area contributed by atoms with Gasteiger partial charge >= 0.3 is 0 Å². The Bertz CT molecular complexity index is 220. The molecule has 0 radical (unpaired) electrons. The number of hydrogen-bond acceptors (Lipinski definition) is 3. The molecule has 1 nitrogen and oxygen atoms in total. The molecule has 0 spiro atoms. The molecule has 0 saturated heterocycles. The normalized spacial score (nSPS) is 9.83. The predicted molar refractivity (Wildman–Crippen MR) is 57.6 cm³/mol. The highest BCUT2D eigenvalue weighted by Crippen LogP contribution is 2.20. The molecule has 0 bridgehead atoms. The average Bonchev–Trinajstić information content (AvgIpc) is 2.15. The van der Waals surface area contributed by atoms with Crippen molar-refractivity contribution in [1.29, 1.82) is 0 Å². The lowest BCUT2D eigenvalue weighted by atomic mass is 10.3. The summed E-state index contributed by atoms with van der Waals surface area (Å²) in [5.74, 6) is 2.87. The standard InChI is InChI=1S/C9H12OS2/c1-10-8-2-4-9(5-3-8)12-7-6-11/h2-5,11H,6-7H2,1H3. The van der Waals surface area contributed by atoms with E-state index in [0.717, 1.165) is 17.3 Å². The Hall–Kier alpha value is -0.280. The Kier molecular flexibility index (Phi) is 4.40. The summed E-state index contributed by atoms with van der Waals surface area (Å²) in [6.45, 7) is 0. The minimum atomic E-state index is 0.908. The monoisotopic (exact) mass is 200 g/mol. The van der Waals surface area contributed by atoms with Crippen molar-refractivity contribution in [2.24, 2.45) is 0 Å². The maximum atomic E-state index is 5.05. The molecule has 0 N–H and O–H groups in total. The van der Waals surface area contributed by atoms with Gasteiger partial charge in [0.1, 0.15) is 5.75 Å². The average molecular weight is 200 g/mol. The lowest BCUT2D eigenvalue weighted by Crippen LogP contribution is -1.82. The molecule has 3 heteroatoms. The van der Waals surface area contributed by atoms with Gasteiger partial charge in [-0.15, -0.1) is 11.8 Å². The third-order valence-corrected chi connectivity index (χ3v) is 2.96. The van der Waals surface area contributed by atoms with Crippen LogP contribution in [0.25, 0.3) is 0 Å². The fraction of sp³-hybridized carbons (Fsp3) is 0.333. The molecule has 0 aliphatic carbocycles. The molecule has 0 heterocycles. The maximum absolute atomic E-state index is 5.05. The van der Waals surface area contributed by atoms with Crippen LogP contribution in [0.15, 0.2) is 29.2 Å². The van der Waals surface area contributed by atoms with Crippen molar-refractivity contribution in [1.82, 2.24) is 0 Å². The van der Waals surface area contributed by atoms with Crippen LogP contribution in [0, 0.1) is 0 Å². The van der Waals surface area contributed by atoms with Crippen LogP contribution < -0.4 is 4.74 Å². The van der Waals surface area contributed by atoms with Gasteiger partial charge in [-0.05, 0) is 30.0 Å². The van der Waals surface area contributed by atoms with Crippen molar-refractivity contribution >= 4 is 24.4 Å². The third kappa shape index (κ3) is 2.99. The molecule has 0 aliphatic heterocycles. The van der Waals surface area contributed by atoms with E-state index in [4.69, 9.17) is 4.74 Å². The zero-order valence-electron chi connectivity index (χ0n) is 6.99. The molecule has 66 valence electrons. The van der Waals surface area contributed by atoms with Crippen LogP contribution in [0.2, 0.25) is 0 Å². The highest BCUT2D eigenvalue weighted by Gasteiger charge is 1.93. The van der Waals surface area contributed by atoms with E-state index in [1.165, 1.54) is 4.90 Å². The van der Waals surface area contributed by atoms with Gasteiger partial charge in [0.2, 0.25) is 0 Å². The number of thioether (sulfide) groups is 1. The molecule has 0 aromatic heterocycles. The fourth-order valence-electron chi connectivity index (χ4n) is 0.835. The number of thiol groups is 1. The lowest BCUT2D eigenvalue weighted by molar-refractivity contribution is 0.414. The predicted octanol–water partition coefficient (Wildman–Crippen LogP) is 2.72. The number of benzene rings is 1. The molecule has 0 saturated carbocycles. The number of methoxy groups -OCH3 is 1. The Balaban J connectivity index is 2.53. The van der Waals surface area contributed by atoms with Gasteiger partial charge in [0, 0.05) is 10.6 Å². The second-order valence-electron chi connectivity index (χ2n) is 2.25. The van der Waals surface area contributed by atoms with E-state index in [1.807, 2.05) is 23.9 Å². The summed E-state index contributed by atoms with van der Waals surface area (Å²) in [5, 5.41) is 0. The first-order chi connectivity index (χ1) is 5.86. The van der Waals surface area contributed by atoms with Crippen LogP contribution in [-0.4, -0.2) is 18.6 Å². The van der Waals surface area contributed by atoms with Gasteiger partial charge in [-0.2, -0.15) is 12.6 Å². The fourth-order valence-corrected chi connectivity index (χ4v) is 1.76. The second-order valence-corrected chi connectivity index (χ2v) is 3.86. The molecule has 1 aromatic carbocycles. The van der Waals surface area contributed by atoms with E-state index in [-0.39, 0.29) is 0 Å². The quantitative estimate of drug-likeness (QED) is 0.591. The van der Waals surface area contributed by atoms with Gasteiger partial charge in [0.25, 0.3) is 0 Å². The Morgan fingerprint density at radius 3 is 2.50 bits per heavy atom. The van der Waals surface area contributed by atoms with Crippen molar-refractivity contribution in [3.63, 3.8) is 0 Å². The van der Waals surface area contributed by atoms with Gasteiger partial charge in [-0.25, -0.2) is 0 Å². The Morgan fingerprint density at radius 1 is 1.33 bits per heavy atom. The van der Waals surface area contributed by atoms with E-state index in [2.05, 4.69) is 24.8 Å². The van der Waals surface area contributed by atoms with Crippen molar-refractivity contribution < 1.29 is 4.74 Å². The Morgan fingerprint density at radius 2 is 2.00 bits per heavy atom. The SMILES string of the molecule is COc1ccc(SCCS)cc1. The highest BCUT2D eigenvalue weighted by molar-refractivity contribution is 8.00. The zero-order valence-corrected chi connectivity index (χ0v) is 8.70. The van der Waals surface area contributed by atoms with Crippen LogP contribution in [0.3, 0.4) is 0 Å². The molecule has 0 amide bonds. The summed E-state index contributed by atoms with van der Waals surface area (Å²) >= 11 is 5.95. The second kappa shape index (κ2) is 5.38. The van der Waals surface area contributed by atoms with Gasteiger partial charge in [0.15, 0.2) is 0 Å². The van der Waals surface area contributed by atoms with Crippen LogP contribution in [0.5, 0.6) is 5.75 Å². The minimum Gasteiger partial charge on any atom is -0.497 e. The molecule has 0 atom stereocenters. The summed E-state index contributed by atoms with van der Waals surface area (Å²) in [6, 6.07) is 8.07. The van der Waals surface area contributed by atoms with Crippen LogP contribution in [-0.2, 0) is 0 Å². The van der Waals surface area contributed by atoms with Gasteiger partial charge in [0.05, 0.1) is 7.11 Å². The molecule has 0 aliphatic rings. The molecular formula is C9H12OS2. The zero-order chi connectivity index (χ0) is 8.81. The van der Waals surface area contributed by atoms with E-state index in [1.54, 1.807) is 7.11 Å². The lowest BCUT2D eigenvalue weighted by Gasteiger charge is -2.01. The maximum Gasteiger partial charge on any atom is 0.118 e.